The van der Waals surface area contributed by atoms with Gasteiger partial charge in [-0.15, -0.1) is 0 Å². The molecule has 0 fully saturated rings. The summed E-state index contributed by atoms with van der Waals surface area (Å²) in [7, 11) is -9.93. The summed E-state index contributed by atoms with van der Waals surface area (Å²) in [6, 6.07) is 0. The molecular formula is C88H172O17P2. The van der Waals surface area contributed by atoms with Crippen LogP contribution in [0, 0.1) is 11.8 Å². The molecule has 0 aliphatic rings. The maximum atomic E-state index is 13.2. The number of phosphoric acid groups is 2. The van der Waals surface area contributed by atoms with E-state index in [1.165, 1.54) is 289 Å². The number of hydrogen-bond acceptors (Lipinski definition) is 15. The summed E-state index contributed by atoms with van der Waals surface area (Å²) in [6.45, 7) is 9.78. The average molecular weight is 1560 g/mol. The van der Waals surface area contributed by atoms with Crippen LogP contribution in [0.2, 0.25) is 0 Å². The summed E-state index contributed by atoms with van der Waals surface area (Å²) in [4.78, 5) is 73.3. The first-order valence-corrected chi connectivity index (χ1v) is 48.5. The molecule has 0 saturated carbocycles. The Morgan fingerprint density at radius 3 is 0.710 bits per heavy atom. The number of esters is 4. The van der Waals surface area contributed by atoms with E-state index in [1.54, 1.807) is 0 Å². The van der Waals surface area contributed by atoms with Crippen LogP contribution in [0.5, 0.6) is 0 Å². The van der Waals surface area contributed by atoms with Crippen molar-refractivity contribution < 1.29 is 80.2 Å². The van der Waals surface area contributed by atoms with Crippen molar-refractivity contribution in [1.82, 2.24) is 0 Å². The number of unbranched alkanes of at least 4 members (excludes halogenated alkanes) is 56. The molecule has 0 aliphatic carbocycles. The van der Waals surface area contributed by atoms with Crippen molar-refractivity contribution in [2.24, 2.45) is 11.8 Å². The number of ether oxygens (including phenoxy) is 4. The molecule has 0 amide bonds. The van der Waals surface area contributed by atoms with Gasteiger partial charge in [-0.05, 0) is 37.5 Å². The molecule has 17 nitrogen and oxygen atoms in total. The quantitative estimate of drug-likeness (QED) is 0.0222. The predicted molar refractivity (Wildman–Crippen MR) is 442 cm³/mol. The highest BCUT2D eigenvalue weighted by Gasteiger charge is 2.31. The Morgan fingerprint density at radius 1 is 0.271 bits per heavy atom. The van der Waals surface area contributed by atoms with Gasteiger partial charge in [0.05, 0.1) is 26.4 Å². The minimum absolute atomic E-state index is 0.109. The highest BCUT2D eigenvalue weighted by Crippen LogP contribution is 2.45. The predicted octanol–water partition coefficient (Wildman–Crippen LogP) is 27.0. The maximum Gasteiger partial charge on any atom is 0.472 e. The standard InChI is InChI=1S/C88H172O17P2/c1-7-10-12-14-16-18-20-22-23-29-36-42-48-54-60-66-72-87(92)104-83(76-98-85(90)70-64-58-52-46-40-21-19-17-15-13-11-8-2)78-102-106(94,95)100-74-82(89)75-101-107(96,97)103-79-84(77-99-86(91)71-65-59-53-47-41-35-32-31-33-38-44-50-56-62-68-80(4)5)105-88(93)73-67-61-55-49-43-37-30-27-25-24-26-28-34-39-45-51-57-63-69-81(6)9-3/h80-84,89H,7-79H2,1-6H3,(H,94,95)(H,96,97)/t81?,82-,83+,84+/m0/s1. The maximum absolute atomic E-state index is 13.2. The van der Waals surface area contributed by atoms with Gasteiger partial charge in [-0.2, -0.15) is 0 Å². The van der Waals surface area contributed by atoms with E-state index < -0.39 is 97.5 Å². The fourth-order valence-corrected chi connectivity index (χ4v) is 15.3. The molecule has 0 aromatic heterocycles. The van der Waals surface area contributed by atoms with Crippen molar-refractivity contribution in [3.63, 3.8) is 0 Å². The Balaban J connectivity index is 5.24. The third kappa shape index (κ3) is 80.5. The van der Waals surface area contributed by atoms with E-state index in [1.807, 2.05) is 0 Å². The van der Waals surface area contributed by atoms with Gasteiger partial charge in [-0.1, -0.05) is 420 Å². The number of phosphoric ester groups is 2. The van der Waals surface area contributed by atoms with Gasteiger partial charge in [0.25, 0.3) is 0 Å². The van der Waals surface area contributed by atoms with E-state index in [-0.39, 0.29) is 25.7 Å². The SMILES string of the molecule is CCCCCCCCCCCCCCCCCCC(=O)O[C@H](COC(=O)CCCCCCCCCCCCCC)COP(=O)(O)OC[C@H](O)COP(=O)(O)OC[C@@H](COC(=O)CCCCCCCCCCCCCCCCC(C)C)OC(=O)CCCCCCCCCCCCCCCCCCCCC(C)CC. The molecule has 0 aromatic rings. The molecule has 0 heterocycles. The number of carbonyl (C=O) groups is 4. The molecular weight excluding hydrogens is 1390 g/mol. The largest absolute Gasteiger partial charge is 0.472 e. The topological polar surface area (TPSA) is 237 Å². The minimum atomic E-state index is -4.97. The van der Waals surface area contributed by atoms with Gasteiger partial charge < -0.3 is 33.8 Å². The summed E-state index contributed by atoms with van der Waals surface area (Å²) in [5.41, 5.74) is 0. The molecule has 0 rings (SSSR count). The third-order valence-electron chi connectivity index (χ3n) is 21.1. The van der Waals surface area contributed by atoms with Crippen LogP contribution in [-0.4, -0.2) is 96.7 Å². The van der Waals surface area contributed by atoms with Crippen molar-refractivity contribution in [3.8, 4) is 0 Å². The smallest absolute Gasteiger partial charge is 0.462 e. The summed E-state index contributed by atoms with van der Waals surface area (Å²) >= 11 is 0. The van der Waals surface area contributed by atoms with Gasteiger partial charge >= 0.3 is 39.5 Å². The third-order valence-corrected chi connectivity index (χ3v) is 23.0. The molecule has 0 bridgehead atoms. The summed E-state index contributed by atoms with van der Waals surface area (Å²) < 4.78 is 69.0. The summed E-state index contributed by atoms with van der Waals surface area (Å²) in [6.07, 6.45) is 72.0. The van der Waals surface area contributed by atoms with Crippen molar-refractivity contribution >= 4 is 39.5 Å². The lowest BCUT2D eigenvalue weighted by Crippen LogP contribution is -2.30. The number of aliphatic hydroxyl groups excluding tert-OH is 1. The van der Waals surface area contributed by atoms with Gasteiger partial charge in [0.1, 0.15) is 19.3 Å². The fraction of sp³-hybridized carbons (Fsp3) is 0.955. The Kier molecular flexibility index (Phi) is 77.9. The van der Waals surface area contributed by atoms with Gasteiger partial charge in [0, 0.05) is 25.7 Å². The van der Waals surface area contributed by atoms with Gasteiger partial charge in [0.15, 0.2) is 12.2 Å². The summed E-state index contributed by atoms with van der Waals surface area (Å²) in [5, 5.41) is 10.7. The van der Waals surface area contributed by atoms with Crippen molar-refractivity contribution in [3.05, 3.63) is 0 Å². The Bertz CT molecular complexity index is 2050. The first-order valence-electron chi connectivity index (χ1n) is 45.5. The van der Waals surface area contributed by atoms with Crippen LogP contribution < -0.4 is 0 Å². The average Bonchev–Trinajstić information content (AvgIpc) is 0.903. The normalized spacial score (nSPS) is 14.0. The first kappa shape index (κ1) is 105. The van der Waals surface area contributed by atoms with E-state index in [0.717, 1.165) is 102 Å². The second-order valence-corrected chi connectivity index (χ2v) is 35.3. The molecule has 0 aromatic carbocycles. The van der Waals surface area contributed by atoms with Crippen molar-refractivity contribution in [2.75, 3.05) is 39.6 Å². The van der Waals surface area contributed by atoms with Crippen LogP contribution >= 0.6 is 15.6 Å². The lowest BCUT2D eigenvalue weighted by Gasteiger charge is -2.21. The summed E-state index contributed by atoms with van der Waals surface area (Å²) in [5.74, 6) is -0.427. The number of hydrogen-bond donors (Lipinski definition) is 3. The fourth-order valence-electron chi connectivity index (χ4n) is 13.7. The Morgan fingerprint density at radius 2 is 0.477 bits per heavy atom. The van der Waals surface area contributed by atoms with E-state index in [4.69, 9.17) is 37.0 Å². The molecule has 0 aliphatic heterocycles. The highest BCUT2D eigenvalue weighted by molar-refractivity contribution is 7.47. The van der Waals surface area contributed by atoms with E-state index in [9.17, 15) is 43.2 Å². The molecule has 0 spiro atoms. The molecule has 6 atom stereocenters. The minimum Gasteiger partial charge on any atom is -0.462 e. The monoisotopic (exact) mass is 1560 g/mol. The van der Waals surface area contributed by atoms with Gasteiger partial charge in [-0.3, -0.25) is 37.3 Å². The molecule has 636 valence electrons. The van der Waals surface area contributed by atoms with Crippen LogP contribution in [-0.2, 0) is 65.4 Å². The molecule has 0 saturated heterocycles. The molecule has 3 unspecified atom stereocenters. The lowest BCUT2D eigenvalue weighted by atomic mass is 9.99. The number of aliphatic hydroxyl groups is 1. The van der Waals surface area contributed by atoms with E-state index >= 15 is 0 Å². The second kappa shape index (κ2) is 79.3. The van der Waals surface area contributed by atoms with Crippen LogP contribution in [0.15, 0.2) is 0 Å². The lowest BCUT2D eigenvalue weighted by molar-refractivity contribution is -0.161. The van der Waals surface area contributed by atoms with Crippen LogP contribution in [0.4, 0.5) is 0 Å². The highest BCUT2D eigenvalue weighted by atomic mass is 31.2. The first-order chi connectivity index (χ1) is 51.9. The van der Waals surface area contributed by atoms with Crippen LogP contribution in [0.3, 0.4) is 0 Å². The van der Waals surface area contributed by atoms with E-state index in [2.05, 4.69) is 41.5 Å². The molecule has 0 radical (unpaired) electrons. The Labute approximate surface area is 658 Å². The van der Waals surface area contributed by atoms with Gasteiger partial charge in [0.2, 0.25) is 0 Å². The number of rotatable bonds is 87. The zero-order chi connectivity index (χ0) is 78.5. The van der Waals surface area contributed by atoms with Gasteiger partial charge in [-0.25, -0.2) is 9.13 Å². The molecule has 107 heavy (non-hydrogen) atoms. The second-order valence-electron chi connectivity index (χ2n) is 32.4. The van der Waals surface area contributed by atoms with Crippen LogP contribution in [0.1, 0.15) is 472 Å². The van der Waals surface area contributed by atoms with Crippen LogP contribution in [0.25, 0.3) is 0 Å². The molecule has 3 N–H and O–H groups in total. The molecule has 19 heteroatoms. The zero-order valence-electron chi connectivity index (χ0n) is 70.5. The van der Waals surface area contributed by atoms with Crippen molar-refractivity contribution in [2.45, 2.75) is 490 Å². The van der Waals surface area contributed by atoms with Crippen molar-refractivity contribution in [1.29, 1.82) is 0 Å². The number of carbonyl (C=O) groups excluding carboxylic acids is 4. The zero-order valence-corrected chi connectivity index (χ0v) is 72.2. The Hall–Kier alpha value is -1.94. The van der Waals surface area contributed by atoms with E-state index in [0.29, 0.717) is 25.7 Å².